The van der Waals surface area contributed by atoms with Crippen molar-refractivity contribution >= 4 is 33.4 Å². The molecule has 0 bridgehead atoms. The van der Waals surface area contributed by atoms with Crippen LogP contribution in [0.1, 0.15) is 36.3 Å². The van der Waals surface area contributed by atoms with Crippen LogP contribution in [0.5, 0.6) is 0 Å². The summed E-state index contributed by atoms with van der Waals surface area (Å²) in [6.45, 7) is 6.85. The summed E-state index contributed by atoms with van der Waals surface area (Å²) in [5.41, 5.74) is 3.98. The number of amides is 2. The molecule has 0 aliphatic heterocycles. The van der Waals surface area contributed by atoms with E-state index in [9.17, 15) is 9.59 Å². The third kappa shape index (κ3) is 5.33. The Balaban J connectivity index is 1.62. The van der Waals surface area contributed by atoms with E-state index in [-0.39, 0.29) is 11.6 Å². The molecular formula is C33H34N4O3. The molecule has 5 rings (SSSR count). The molecule has 0 radical (unpaired) electrons. The first-order valence-electron chi connectivity index (χ1n) is 13.5. The molecule has 1 heterocycles. The fourth-order valence-corrected chi connectivity index (χ4v) is 5.23. The molecule has 0 fully saturated rings. The van der Waals surface area contributed by atoms with Gasteiger partial charge in [-0.05, 0) is 62.4 Å². The first-order chi connectivity index (χ1) is 19.4. The van der Waals surface area contributed by atoms with Crippen molar-refractivity contribution in [1.29, 1.82) is 0 Å². The second-order valence-corrected chi connectivity index (χ2v) is 10.1. The molecule has 0 saturated carbocycles. The lowest BCUT2D eigenvalue weighted by molar-refractivity contribution is 0.159. The van der Waals surface area contributed by atoms with Gasteiger partial charge < -0.3 is 15.0 Å². The van der Waals surface area contributed by atoms with Crippen molar-refractivity contribution in [2.24, 2.45) is 0 Å². The van der Waals surface area contributed by atoms with Crippen molar-refractivity contribution in [2.45, 2.75) is 33.2 Å². The largest absolute Gasteiger partial charge is 0.385 e. The Labute approximate surface area is 234 Å². The van der Waals surface area contributed by atoms with Gasteiger partial charge in [0, 0.05) is 25.6 Å². The number of aryl methyl sites for hydroxylation is 2. The predicted molar refractivity (Wildman–Crippen MR) is 161 cm³/mol. The number of methoxy groups -OCH3 is 1. The molecule has 5 aromatic rings. The summed E-state index contributed by atoms with van der Waals surface area (Å²) in [6, 6.07) is 26.3. The van der Waals surface area contributed by atoms with Crippen LogP contribution in [-0.2, 0) is 4.74 Å². The maximum atomic E-state index is 14.0. The van der Waals surface area contributed by atoms with Gasteiger partial charge in [-0.15, -0.1) is 0 Å². The van der Waals surface area contributed by atoms with E-state index in [4.69, 9.17) is 9.72 Å². The minimum atomic E-state index is -0.523. The summed E-state index contributed by atoms with van der Waals surface area (Å²) < 4.78 is 6.96. The van der Waals surface area contributed by atoms with E-state index in [0.29, 0.717) is 36.3 Å². The lowest BCUT2D eigenvalue weighted by Gasteiger charge is -2.31. The van der Waals surface area contributed by atoms with Gasteiger partial charge in [-0.25, -0.2) is 9.78 Å². The van der Waals surface area contributed by atoms with Crippen LogP contribution in [0.15, 0.2) is 89.7 Å². The van der Waals surface area contributed by atoms with Gasteiger partial charge in [0.05, 0.1) is 28.3 Å². The normalized spacial score (nSPS) is 12.0. The Bertz CT molecular complexity index is 1740. The third-order valence-electron chi connectivity index (χ3n) is 7.28. The molecular weight excluding hydrogens is 500 g/mol. The van der Waals surface area contributed by atoms with Crippen molar-refractivity contribution in [1.82, 2.24) is 14.5 Å². The number of rotatable bonds is 8. The molecule has 2 amide bonds. The molecule has 0 saturated heterocycles. The van der Waals surface area contributed by atoms with Crippen molar-refractivity contribution in [3.8, 4) is 5.69 Å². The van der Waals surface area contributed by atoms with Gasteiger partial charge in [-0.3, -0.25) is 9.36 Å². The third-order valence-corrected chi connectivity index (χ3v) is 7.28. The van der Waals surface area contributed by atoms with E-state index in [2.05, 4.69) is 11.4 Å². The molecule has 7 heteroatoms. The number of hydrogen-bond acceptors (Lipinski definition) is 4. The van der Waals surface area contributed by atoms with Crippen molar-refractivity contribution in [2.75, 3.05) is 25.6 Å². The van der Waals surface area contributed by atoms with Crippen LogP contribution in [0, 0.1) is 13.8 Å². The Kier molecular flexibility index (Phi) is 7.94. The molecule has 0 aliphatic rings. The topological polar surface area (TPSA) is 76.5 Å². The van der Waals surface area contributed by atoms with Crippen LogP contribution in [0.4, 0.5) is 10.5 Å². The molecule has 204 valence electrons. The summed E-state index contributed by atoms with van der Waals surface area (Å²) in [7, 11) is 1.65. The fraction of sp³-hybridized carbons (Fsp3) is 0.242. The maximum Gasteiger partial charge on any atom is 0.322 e. The summed E-state index contributed by atoms with van der Waals surface area (Å²) in [6.07, 6.45) is 0.630. The second kappa shape index (κ2) is 11.7. The molecule has 1 N–H and O–H groups in total. The van der Waals surface area contributed by atoms with Crippen LogP contribution >= 0.6 is 0 Å². The summed E-state index contributed by atoms with van der Waals surface area (Å²) >= 11 is 0. The Hall–Kier alpha value is -4.49. The lowest BCUT2D eigenvalue weighted by Crippen LogP contribution is -2.40. The number of nitrogens with one attached hydrogen (secondary N) is 1. The number of para-hydroxylation sites is 1. The lowest BCUT2D eigenvalue weighted by atomic mass is 10.1. The number of anilines is 1. The molecule has 7 nitrogen and oxygen atoms in total. The Morgan fingerprint density at radius 3 is 2.48 bits per heavy atom. The van der Waals surface area contributed by atoms with E-state index >= 15 is 0 Å². The minimum Gasteiger partial charge on any atom is -0.385 e. The van der Waals surface area contributed by atoms with Crippen LogP contribution in [-0.4, -0.2) is 40.7 Å². The Morgan fingerprint density at radius 2 is 1.70 bits per heavy atom. The number of carbonyl (C=O) groups is 1. The number of hydrogen-bond donors (Lipinski definition) is 1. The first-order valence-corrected chi connectivity index (χ1v) is 13.5. The molecule has 1 atom stereocenters. The first kappa shape index (κ1) is 27.1. The highest BCUT2D eigenvalue weighted by atomic mass is 16.5. The van der Waals surface area contributed by atoms with E-state index in [0.717, 1.165) is 33.3 Å². The van der Waals surface area contributed by atoms with Crippen molar-refractivity contribution in [3.63, 3.8) is 0 Å². The summed E-state index contributed by atoms with van der Waals surface area (Å²) in [4.78, 5) is 34.6. The van der Waals surface area contributed by atoms with Gasteiger partial charge in [-0.2, -0.15) is 0 Å². The highest BCUT2D eigenvalue weighted by molar-refractivity contribution is 6.01. The van der Waals surface area contributed by atoms with Gasteiger partial charge in [0.25, 0.3) is 5.56 Å². The average Bonchev–Trinajstić information content (AvgIpc) is 2.96. The highest BCUT2D eigenvalue weighted by Gasteiger charge is 2.27. The average molecular weight is 535 g/mol. The van der Waals surface area contributed by atoms with E-state index < -0.39 is 6.04 Å². The van der Waals surface area contributed by atoms with Gasteiger partial charge in [0.1, 0.15) is 5.82 Å². The van der Waals surface area contributed by atoms with Gasteiger partial charge in [-0.1, -0.05) is 66.2 Å². The molecule has 1 aromatic heterocycles. The van der Waals surface area contributed by atoms with E-state index in [1.54, 1.807) is 22.6 Å². The standard InChI is InChI=1S/C33H34N4O3/c1-22-17-18-30(23(2)21-22)37-31(34-29-15-8-7-14-27(29)32(37)38)24(3)36(19-10-20-40-4)33(39)35-28-16-9-12-25-11-5-6-13-26(25)28/h5-9,11-18,21,24H,10,19-20H2,1-4H3,(H,35,39). The van der Waals surface area contributed by atoms with E-state index in [1.807, 2.05) is 93.6 Å². The van der Waals surface area contributed by atoms with Crippen LogP contribution in [0.3, 0.4) is 0 Å². The smallest absolute Gasteiger partial charge is 0.322 e. The summed E-state index contributed by atoms with van der Waals surface area (Å²) in [5.74, 6) is 0.501. The van der Waals surface area contributed by atoms with Gasteiger partial charge in [0.15, 0.2) is 0 Å². The minimum absolute atomic E-state index is 0.161. The molecule has 4 aromatic carbocycles. The number of carbonyl (C=O) groups excluding carboxylic acids is 1. The summed E-state index contributed by atoms with van der Waals surface area (Å²) in [5, 5.41) is 5.65. The number of aromatic nitrogens is 2. The SMILES string of the molecule is COCCCN(C(=O)Nc1cccc2ccccc12)C(C)c1nc2ccccc2c(=O)n1-c1ccc(C)cc1C. The second-order valence-electron chi connectivity index (χ2n) is 10.1. The van der Waals surface area contributed by atoms with Crippen LogP contribution in [0.2, 0.25) is 0 Å². The van der Waals surface area contributed by atoms with Crippen molar-refractivity contribution in [3.05, 3.63) is 112 Å². The van der Waals surface area contributed by atoms with Crippen LogP contribution < -0.4 is 10.9 Å². The fourth-order valence-electron chi connectivity index (χ4n) is 5.23. The number of fused-ring (bicyclic) bond motifs is 2. The maximum absolute atomic E-state index is 14.0. The molecule has 0 spiro atoms. The number of nitrogens with zero attached hydrogens (tertiary/aromatic N) is 3. The quantitative estimate of drug-likeness (QED) is 0.223. The Morgan fingerprint density at radius 1 is 0.975 bits per heavy atom. The zero-order chi connectivity index (χ0) is 28.2. The number of benzene rings is 4. The molecule has 0 aliphatic carbocycles. The molecule has 40 heavy (non-hydrogen) atoms. The monoisotopic (exact) mass is 534 g/mol. The number of urea groups is 1. The van der Waals surface area contributed by atoms with Gasteiger partial charge in [0.2, 0.25) is 0 Å². The highest BCUT2D eigenvalue weighted by Crippen LogP contribution is 2.28. The zero-order valence-electron chi connectivity index (χ0n) is 23.3. The van der Waals surface area contributed by atoms with Crippen molar-refractivity contribution < 1.29 is 9.53 Å². The van der Waals surface area contributed by atoms with Crippen LogP contribution in [0.25, 0.3) is 27.4 Å². The van der Waals surface area contributed by atoms with Gasteiger partial charge >= 0.3 is 6.03 Å². The zero-order valence-corrected chi connectivity index (χ0v) is 23.3. The molecule has 1 unspecified atom stereocenters. The van der Waals surface area contributed by atoms with E-state index in [1.165, 1.54) is 0 Å². The number of ether oxygens (including phenoxy) is 1. The predicted octanol–water partition coefficient (Wildman–Crippen LogP) is 6.79.